The van der Waals surface area contributed by atoms with Crippen molar-refractivity contribution in [2.24, 2.45) is 4.99 Å². The van der Waals surface area contributed by atoms with E-state index in [9.17, 15) is 5.11 Å². The topological polar surface area (TPSA) is 75.1 Å². The summed E-state index contributed by atoms with van der Waals surface area (Å²) in [7, 11) is 3.21. The number of phenols is 1. The molecule has 6 nitrogen and oxygen atoms in total. The van der Waals surface area contributed by atoms with Crippen LogP contribution in [0.2, 0.25) is 0 Å². The molecule has 0 saturated heterocycles. The van der Waals surface area contributed by atoms with Gasteiger partial charge in [0.05, 0.1) is 20.8 Å². The van der Waals surface area contributed by atoms with Crippen molar-refractivity contribution in [3.8, 4) is 17.2 Å². The van der Waals surface area contributed by atoms with E-state index in [1.165, 1.54) is 0 Å². The zero-order chi connectivity index (χ0) is 18.8. The number of nitrogens with zero attached hydrogens (tertiary/aromatic N) is 1. The lowest BCUT2D eigenvalue weighted by atomic mass is 10.1. The number of aliphatic imine (C=N–C) groups is 1. The summed E-state index contributed by atoms with van der Waals surface area (Å²) < 4.78 is 10.5. The van der Waals surface area contributed by atoms with Crippen molar-refractivity contribution < 1.29 is 14.6 Å². The Morgan fingerprint density at radius 3 is 2.48 bits per heavy atom. The second-order valence-electron chi connectivity index (χ2n) is 5.69. The molecule has 0 aliphatic heterocycles. The number of rotatable bonds is 8. The molecule has 3 N–H and O–H groups in total. The first-order valence-electron chi connectivity index (χ1n) is 8.67. The Balaban J connectivity index is 0.00000364. The molecular weight excluding hydrogens is 457 g/mol. The average Bonchev–Trinajstić information content (AvgIpc) is 2.67. The first-order chi connectivity index (χ1) is 12.7. The summed E-state index contributed by atoms with van der Waals surface area (Å²) in [4.78, 5) is 4.62. The van der Waals surface area contributed by atoms with Crippen LogP contribution in [-0.2, 0) is 13.0 Å². The van der Waals surface area contributed by atoms with Crippen molar-refractivity contribution in [2.45, 2.75) is 19.9 Å². The number of hydrogen-bond acceptors (Lipinski definition) is 4. The van der Waals surface area contributed by atoms with Crippen LogP contribution < -0.4 is 20.1 Å². The molecule has 2 rings (SSSR count). The highest BCUT2D eigenvalue weighted by Crippen LogP contribution is 2.26. The molecule has 0 atom stereocenters. The van der Waals surface area contributed by atoms with Crippen LogP contribution in [0.1, 0.15) is 18.1 Å². The fourth-order valence-electron chi connectivity index (χ4n) is 2.54. The molecule has 7 heteroatoms. The van der Waals surface area contributed by atoms with Gasteiger partial charge in [-0.25, -0.2) is 4.99 Å². The van der Waals surface area contributed by atoms with Gasteiger partial charge < -0.3 is 25.2 Å². The van der Waals surface area contributed by atoms with Gasteiger partial charge in [0.1, 0.15) is 5.75 Å². The van der Waals surface area contributed by atoms with Crippen molar-refractivity contribution in [1.82, 2.24) is 10.6 Å². The van der Waals surface area contributed by atoms with Crippen LogP contribution in [0.25, 0.3) is 0 Å². The summed E-state index contributed by atoms with van der Waals surface area (Å²) in [6, 6.07) is 13.2. The molecule has 0 fully saturated rings. The Hall–Kier alpha value is -2.16. The van der Waals surface area contributed by atoms with E-state index < -0.39 is 0 Å². The Kier molecular flexibility index (Phi) is 10.4. The van der Waals surface area contributed by atoms with Crippen molar-refractivity contribution >= 4 is 29.9 Å². The van der Waals surface area contributed by atoms with Crippen LogP contribution >= 0.6 is 24.0 Å². The smallest absolute Gasteiger partial charge is 0.191 e. The molecule has 0 aliphatic rings. The number of aromatic hydroxyl groups is 1. The van der Waals surface area contributed by atoms with Gasteiger partial charge in [-0.2, -0.15) is 0 Å². The van der Waals surface area contributed by atoms with Crippen molar-refractivity contribution in [3.63, 3.8) is 0 Å². The van der Waals surface area contributed by atoms with Crippen LogP contribution in [0.4, 0.5) is 0 Å². The molecule has 2 aromatic carbocycles. The predicted octanol–water partition coefficient (Wildman–Crippen LogP) is 3.33. The molecule has 0 radical (unpaired) electrons. The molecule has 0 unspecified atom stereocenters. The van der Waals surface area contributed by atoms with E-state index >= 15 is 0 Å². The Morgan fingerprint density at radius 1 is 1.04 bits per heavy atom. The number of para-hydroxylation sites is 1. The minimum Gasteiger partial charge on any atom is -0.504 e. The van der Waals surface area contributed by atoms with Gasteiger partial charge >= 0.3 is 0 Å². The summed E-state index contributed by atoms with van der Waals surface area (Å²) in [6.45, 7) is 4.06. The van der Waals surface area contributed by atoms with E-state index in [0.29, 0.717) is 18.8 Å². The highest BCUT2D eigenvalue weighted by atomic mass is 127. The highest BCUT2D eigenvalue weighted by Gasteiger charge is 2.04. The summed E-state index contributed by atoms with van der Waals surface area (Å²) in [5, 5.41) is 16.2. The van der Waals surface area contributed by atoms with Gasteiger partial charge in [0.15, 0.2) is 17.5 Å². The third-order valence-electron chi connectivity index (χ3n) is 3.89. The van der Waals surface area contributed by atoms with Crippen LogP contribution in [0, 0.1) is 0 Å². The van der Waals surface area contributed by atoms with Crippen LogP contribution in [0.3, 0.4) is 0 Å². The van der Waals surface area contributed by atoms with Gasteiger partial charge in [-0.05, 0) is 37.1 Å². The van der Waals surface area contributed by atoms with Crippen LogP contribution in [0.15, 0.2) is 47.5 Å². The van der Waals surface area contributed by atoms with E-state index in [-0.39, 0.29) is 29.7 Å². The molecule has 148 valence electrons. The number of ether oxygens (including phenoxy) is 2. The molecule has 0 aliphatic carbocycles. The maximum atomic E-state index is 9.66. The minimum atomic E-state index is 0. The summed E-state index contributed by atoms with van der Waals surface area (Å²) in [6.07, 6.45) is 0.787. The van der Waals surface area contributed by atoms with E-state index in [1.807, 2.05) is 43.3 Å². The number of nitrogens with one attached hydrogen (secondary N) is 2. The Labute approximate surface area is 178 Å². The summed E-state index contributed by atoms with van der Waals surface area (Å²) in [5.74, 6) is 2.22. The van der Waals surface area contributed by atoms with E-state index in [4.69, 9.17) is 9.47 Å². The largest absolute Gasteiger partial charge is 0.504 e. The third-order valence-corrected chi connectivity index (χ3v) is 3.89. The fraction of sp³-hybridized carbons (Fsp3) is 0.350. The van der Waals surface area contributed by atoms with Gasteiger partial charge in [-0.3, -0.25) is 0 Å². The number of halogens is 1. The van der Waals surface area contributed by atoms with E-state index in [2.05, 4.69) is 15.6 Å². The van der Waals surface area contributed by atoms with Gasteiger partial charge in [0.2, 0.25) is 0 Å². The average molecular weight is 485 g/mol. The molecule has 0 amide bonds. The predicted molar refractivity (Wildman–Crippen MR) is 120 cm³/mol. The normalized spacial score (nSPS) is 10.7. The van der Waals surface area contributed by atoms with Crippen molar-refractivity contribution in [1.29, 1.82) is 0 Å². The maximum absolute atomic E-state index is 9.66. The molecule has 0 aromatic heterocycles. The number of phenolic OH excluding ortho intramolecular Hbond substituents is 1. The molecule has 2 aromatic rings. The lowest BCUT2D eigenvalue weighted by Crippen LogP contribution is -2.38. The maximum Gasteiger partial charge on any atom is 0.191 e. The van der Waals surface area contributed by atoms with Crippen molar-refractivity contribution in [2.75, 3.05) is 27.3 Å². The second-order valence-corrected chi connectivity index (χ2v) is 5.69. The zero-order valence-corrected chi connectivity index (χ0v) is 18.3. The standard InChI is InChI=1S/C20H27N3O3.HI/c1-4-21-20(23-14-16-7-5-6-8-18(16)25-2)22-12-11-15-9-10-17(24)19(13-15)26-3;/h5-10,13,24H,4,11-12,14H2,1-3H3,(H2,21,22,23);1H. The molecular formula is C20H28IN3O3. The van der Waals surface area contributed by atoms with Crippen LogP contribution in [0.5, 0.6) is 17.2 Å². The van der Waals surface area contributed by atoms with Gasteiger partial charge in [0, 0.05) is 18.7 Å². The summed E-state index contributed by atoms with van der Waals surface area (Å²) in [5.41, 5.74) is 2.11. The molecule has 0 saturated carbocycles. The first kappa shape index (κ1) is 22.9. The zero-order valence-electron chi connectivity index (χ0n) is 16.0. The lowest BCUT2D eigenvalue weighted by molar-refractivity contribution is 0.373. The lowest BCUT2D eigenvalue weighted by Gasteiger charge is -2.12. The molecule has 0 spiro atoms. The first-order valence-corrected chi connectivity index (χ1v) is 8.67. The number of hydrogen-bond donors (Lipinski definition) is 3. The van der Waals surface area contributed by atoms with Crippen LogP contribution in [-0.4, -0.2) is 38.4 Å². The third kappa shape index (κ3) is 7.16. The van der Waals surface area contributed by atoms with Crippen molar-refractivity contribution in [3.05, 3.63) is 53.6 Å². The number of benzene rings is 2. The number of methoxy groups -OCH3 is 2. The number of guanidine groups is 1. The summed E-state index contributed by atoms with van der Waals surface area (Å²) >= 11 is 0. The molecule has 27 heavy (non-hydrogen) atoms. The van der Waals surface area contributed by atoms with E-state index in [0.717, 1.165) is 35.8 Å². The minimum absolute atomic E-state index is 0. The van der Waals surface area contributed by atoms with Gasteiger partial charge in [0.25, 0.3) is 0 Å². The molecule has 0 heterocycles. The van der Waals surface area contributed by atoms with Gasteiger partial charge in [-0.15, -0.1) is 24.0 Å². The Bertz CT molecular complexity index is 738. The SMILES string of the molecule is CCNC(=NCc1ccccc1OC)NCCc1ccc(O)c(OC)c1.I. The second kappa shape index (κ2) is 12.3. The van der Waals surface area contributed by atoms with E-state index in [1.54, 1.807) is 20.3 Å². The quantitative estimate of drug-likeness (QED) is 0.304. The monoisotopic (exact) mass is 485 g/mol. The Morgan fingerprint density at radius 2 is 1.78 bits per heavy atom. The molecule has 0 bridgehead atoms. The highest BCUT2D eigenvalue weighted by molar-refractivity contribution is 14.0. The van der Waals surface area contributed by atoms with Gasteiger partial charge in [-0.1, -0.05) is 24.3 Å². The fourth-order valence-corrected chi connectivity index (χ4v) is 2.54.